The molecule has 4 rings (SSSR count). The third-order valence-corrected chi connectivity index (χ3v) is 5.83. The van der Waals surface area contributed by atoms with E-state index in [2.05, 4.69) is 47.3 Å². The SMILES string of the molecule is Cc1cc(C)cc(-c2nc(NC(=O)c3cccnc3Cl)sc2-c2ccnc(C)c2)c1. The number of hydrogen-bond acceptors (Lipinski definition) is 5. The summed E-state index contributed by atoms with van der Waals surface area (Å²) in [4.78, 5) is 26.7. The minimum Gasteiger partial charge on any atom is -0.298 e. The first-order valence-corrected chi connectivity index (χ1v) is 10.5. The molecule has 3 heterocycles. The summed E-state index contributed by atoms with van der Waals surface area (Å²) in [6.07, 6.45) is 3.33. The van der Waals surface area contributed by atoms with Crippen LogP contribution in [0.25, 0.3) is 21.7 Å². The molecule has 5 nitrogen and oxygen atoms in total. The number of benzene rings is 1. The lowest BCUT2D eigenvalue weighted by Gasteiger charge is -2.06. The van der Waals surface area contributed by atoms with Crippen LogP contribution in [0.4, 0.5) is 5.13 Å². The van der Waals surface area contributed by atoms with E-state index in [4.69, 9.17) is 16.6 Å². The van der Waals surface area contributed by atoms with Gasteiger partial charge in [-0.25, -0.2) is 9.97 Å². The molecule has 0 bridgehead atoms. The Balaban J connectivity index is 1.80. The zero-order chi connectivity index (χ0) is 21.3. The molecule has 0 aliphatic rings. The summed E-state index contributed by atoms with van der Waals surface area (Å²) >= 11 is 7.49. The average Bonchev–Trinajstić information content (AvgIpc) is 3.11. The fourth-order valence-electron chi connectivity index (χ4n) is 3.28. The van der Waals surface area contributed by atoms with Gasteiger partial charge in [0.15, 0.2) is 5.13 Å². The van der Waals surface area contributed by atoms with Crippen molar-refractivity contribution in [3.05, 3.63) is 82.4 Å². The number of pyridine rings is 2. The molecule has 0 saturated carbocycles. The molecule has 0 spiro atoms. The summed E-state index contributed by atoms with van der Waals surface area (Å²) in [5.41, 5.74) is 6.38. The second-order valence-corrected chi connectivity index (χ2v) is 8.41. The number of aryl methyl sites for hydroxylation is 3. The Kier molecular flexibility index (Phi) is 5.61. The zero-order valence-corrected chi connectivity index (χ0v) is 18.3. The van der Waals surface area contributed by atoms with Crippen molar-refractivity contribution < 1.29 is 4.79 Å². The van der Waals surface area contributed by atoms with Crippen LogP contribution in [0.3, 0.4) is 0 Å². The van der Waals surface area contributed by atoms with E-state index in [0.717, 1.165) is 38.5 Å². The van der Waals surface area contributed by atoms with Crippen LogP contribution >= 0.6 is 22.9 Å². The Morgan fingerprint density at radius 1 is 0.967 bits per heavy atom. The standard InChI is InChI=1S/C23H19ClN4OS/c1-13-9-14(2)11-17(10-13)19-20(16-6-8-25-15(3)12-16)30-23(27-19)28-22(29)18-5-4-7-26-21(18)24/h4-12H,1-3H3,(H,27,28,29). The largest absolute Gasteiger partial charge is 0.298 e. The second-order valence-electron chi connectivity index (χ2n) is 7.05. The molecule has 0 radical (unpaired) electrons. The topological polar surface area (TPSA) is 67.8 Å². The number of carbonyl (C=O) groups excluding carboxylic acids is 1. The fourth-order valence-corrected chi connectivity index (χ4v) is 4.47. The number of aromatic nitrogens is 3. The van der Waals surface area contributed by atoms with Crippen LogP contribution in [0.5, 0.6) is 0 Å². The van der Waals surface area contributed by atoms with E-state index in [0.29, 0.717) is 10.7 Å². The van der Waals surface area contributed by atoms with Gasteiger partial charge >= 0.3 is 0 Å². The Bertz CT molecular complexity index is 1230. The van der Waals surface area contributed by atoms with Gasteiger partial charge in [0.1, 0.15) is 5.15 Å². The Labute approximate surface area is 183 Å². The van der Waals surface area contributed by atoms with Gasteiger partial charge < -0.3 is 0 Å². The number of nitrogens with zero attached hydrogens (tertiary/aromatic N) is 3. The highest BCUT2D eigenvalue weighted by Gasteiger charge is 2.19. The summed E-state index contributed by atoms with van der Waals surface area (Å²) < 4.78 is 0. The minimum atomic E-state index is -0.341. The van der Waals surface area contributed by atoms with Gasteiger partial charge in [0, 0.05) is 23.7 Å². The maximum atomic E-state index is 12.7. The smallest absolute Gasteiger partial charge is 0.260 e. The first-order chi connectivity index (χ1) is 14.4. The molecule has 1 amide bonds. The van der Waals surface area contributed by atoms with Gasteiger partial charge in [-0.05, 0) is 62.7 Å². The molecule has 0 aliphatic carbocycles. The lowest BCUT2D eigenvalue weighted by Crippen LogP contribution is -2.12. The van der Waals surface area contributed by atoms with E-state index < -0.39 is 0 Å². The average molecular weight is 435 g/mol. The summed E-state index contributed by atoms with van der Waals surface area (Å²) in [7, 11) is 0. The maximum absolute atomic E-state index is 12.7. The molecule has 1 aromatic carbocycles. The van der Waals surface area contributed by atoms with Crippen molar-refractivity contribution in [1.29, 1.82) is 0 Å². The molecule has 0 aliphatic heterocycles. The van der Waals surface area contributed by atoms with Gasteiger partial charge in [0.2, 0.25) is 0 Å². The monoisotopic (exact) mass is 434 g/mol. The quantitative estimate of drug-likeness (QED) is 0.394. The molecule has 4 aromatic rings. The summed E-state index contributed by atoms with van der Waals surface area (Å²) in [6, 6.07) is 13.6. The molecule has 0 fully saturated rings. The summed E-state index contributed by atoms with van der Waals surface area (Å²) in [5.74, 6) is -0.341. The maximum Gasteiger partial charge on any atom is 0.260 e. The molecule has 0 saturated heterocycles. The third-order valence-electron chi connectivity index (χ3n) is 4.51. The van der Waals surface area contributed by atoms with Crippen molar-refractivity contribution in [1.82, 2.24) is 15.0 Å². The molecule has 150 valence electrons. The fraction of sp³-hybridized carbons (Fsp3) is 0.130. The molecular weight excluding hydrogens is 416 g/mol. The van der Waals surface area contributed by atoms with Gasteiger partial charge in [-0.15, -0.1) is 0 Å². The summed E-state index contributed by atoms with van der Waals surface area (Å²) in [5, 5.41) is 3.53. The first kappa shape index (κ1) is 20.2. The molecule has 30 heavy (non-hydrogen) atoms. The first-order valence-electron chi connectivity index (χ1n) is 9.35. The zero-order valence-electron chi connectivity index (χ0n) is 16.7. The summed E-state index contributed by atoms with van der Waals surface area (Å²) in [6.45, 7) is 6.08. The second kappa shape index (κ2) is 8.34. The number of carbonyl (C=O) groups is 1. The van der Waals surface area contributed by atoms with Crippen LogP contribution < -0.4 is 5.32 Å². The highest BCUT2D eigenvalue weighted by molar-refractivity contribution is 7.19. The Hall–Kier alpha value is -3.09. The van der Waals surface area contributed by atoms with Crippen molar-refractivity contribution in [3.63, 3.8) is 0 Å². The van der Waals surface area contributed by atoms with Crippen molar-refractivity contribution in [2.75, 3.05) is 5.32 Å². The lowest BCUT2D eigenvalue weighted by atomic mass is 10.0. The number of thiazole rings is 1. The predicted octanol–water partition coefficient (Wildman–Crippen LogP) is 6.10. The van der Waals surface area contributed by atoms with Gasteiger partial charge in [-0.2, -0.15) is 0 Å². The van der Waals surface area contributed by atoms with Crippen molar-refractivity contribution in [3.8, 4) is 21.7 Å². The highest BCUT2D eigenvalue weighted by atomic mass is 35.5. The van der Waals surface area contributed by atoms with Gasteiger partial charge in [0.25, 0.3) is 5.91 Å². The number of nitrogens with one attached hydrogen (secondary N) is 1. The van der Waals surface area contributed by atoms with Gasteiger partial charge in [0.05, 0.1) is 16.1 Å². The lowest BCUT2D eigenvalue weighted by molar-refractivity contribution is 0.102. The Morgan fingerprint density at radius 3 is 2.43 bits per heavy atom. The van der Waals surface area contributed by atoms with Crippen molar-refractivity contribution in [2.45, 2.75) is 20.8 Å². The van der Waals surface area contributed by atoms with E-state index in [1.54, 1.807) is 24.5 Å². The normalized spacial score (nSPS) is 10.8. The van der Waals surface area contributed by atoms with Crippen molar-refractivity contribution in [2.24, 2.45) is 0 Å². The number of halogens is 1. The molecule has 0 unspecified atom stereocenters. The van der Waals surface area contributed by atoms with E-state index in [1.165, 1.54) is 11.3 Å². The Morgan fingerprint density at radius 2 is 1.73 bits per heavy atom. The van der Waals surface area contributed by atoms with Gasteiger partial charge in [-0.3, -0.25) is 15.1 Å². The number of amides is 1. The van der Waals surface area contributed by atoms with Crippen LogP contribution in [0, 0.1) is 20.8 Å². The third kappa shape index (κ3) is 4.25. The van der Waals surface area contributed by atoms with Crippen molar-refractivity contribution >= 4 is 34.0 Å². The highest BCUT2D eigenvalue weighted by Crippen LogP contribution is 2.39. The molecule has 3 aromatic heterocycles. The number of rotatable bonds is 4. The van der Waals surface area contributed by atoms with E-state index in [1.807, 2.05) is 19.1 Å². The van der Waals surface area contributed by atoms with Crippen LogP contribution in [0.2, 0.25) is 5.15 Å². The molecule has 0 atom stereocenters. The molecule has 1 N–H and O–H groups in total. The van der Waals surface area contributed by atoms with Crippen LogP contribution in [0.1, 0.15) is 27.2 Å². The van der Waals surface area contributed by atoms with Crippen LogP contribution in [-0.4, -0.2) is 20.9 Å². The number of hydrogen-bond donors (Lipinski definition) is 1. The van der Waals surface area contributed by atoms with E-state index >= 15 is 0 Å². The van der Waals surface area contributed by atoms with Crippen LogP contribution in [0.15, 0.2) is 54.9 Å². The minimum absolute atomic E-state index is 0.158. The van der Waals surface area contributed by atoms with Gasteiger partial charge in [-0.1, -0.05) is 40.1 Å². The molecule has 7 heteroatoms. The van der Waals surface area contributed by atoms with Crippen LogP contribution in [-0.2, 0) is 0 Å². The van der Waals surface area contributed by atoms with E-state index in [-0.39, 0.29) is 11.1 Å². The molecular formula is C23H19ClN4OS. The predicted molar refractivity (Wildman–Crippen MR) is 122 cm³/mol. The van der Waals surface area contributed by atoms with E-state index in [9.17, 15) is 4.79 Å². The number of anilines is 1.